The van der Waals surface area contributed by atoms with E-state index in [1.165, 1.54) is 0 Å². The fraction of sp³-hybridized carbons (Fsp3) is 0.846. The van der Waals surface area contributed by atoms with Crippen molar-refractivity contribution in [2.45, 2.75) is 51.7 Å². The number of nitrogens with zero attached hydrogens (tertiary/aromatic N) is 2. The fourth-order valence-corrected chi connectivity index (χ4v) is 1.54. The van der Waals surface area contributed by atoms with Crippen molar-refractivity contribution in [1.82, 2.24) is 15.5 Å². The van der Waals surface area contributed by atoms with Crippen LogP contribution in [0.2, 0.25) is 0 Å². The third-order valence-electron chi connectivity index (χ3n) is 2.46. The Labute approximate surface area is 122 Å². The molecular weight excluding hydrogens is 287 g/mol. The molecule has 0 fully saturated rings. The van der Waals surface area contributed by atoms with Crippen LogP contribution < -0.4 is 5.32 Å². The molecule has 0 radical (unpaired) electrons. The predicted molar refractivity (Wildman–Crippen MR) is 71.0 cm³/mol. The Hall–Kier alpha value is -1.15. The Morgan fingerprint density at radius 3 is 2.29 bits per heavy atom. The average molecular weight is 309 g/mol. The zero-order valence-corrected chi connectivity index (χ0v) is 12.6. The van der Waals surface area contributed by atoms with Gasteiger partial charge < -0.3 is 14.5 Å². The summed E-state index contributed by atoms with van der Waals surface area (Å²) < 4.78 is 45.4. The van der Waals surface area contributed by atoms with E-state index >= 15 is 0 Å². The summed E-state index contributed by atoms with van der Waals surface area (Å²) >= 11 is 0. The molecule has 0 aromatic carbocycles. The van der Waals surface area contributed by atoms with E-state index in [4.69, 9.17) is 4.42 Å². The largest absolute Gasteiger partial charge is 0.425 e. The molecule has 0 aliphatic rings. The molecule has 1 N–H and O–H groups in total. The number of halogens is 3. The summed E-state index contributed by atoms with van der Waals surface area (Å²) in [5.74, 6) is 0.799. The zero-order chi connectivity index (χ0) is 15.9. The molecule has 0 bridgehead atoms. The van der Waals surface area contributed by atoms with Crippen LogP contribution in [-0.2, 0) is 17.6 Å². The minimum Gasteiger partial charge on any atom is -0.425 e. The lowest BCUT2D eigenvalue weighted by atomic mass is 10.1. The van der Waals surface area contributed by atoms with Crippen LogP contribution in [0.3, 0.4) is 0 Å². The molecule has 8 heteroatoms. The van der Waals surface area contributed by atoms with E-state index in [-0.39, 0.29) is 18.6 Å². The lowest BCUT2D eigenvalue weighted by molar-refractivity contribution is -0.173. The second-order valence-electron chi connectivity index (χ2n) is 5.79. The summed E-state index contributed by atoms with van der Waals surface area (Å²) in [6.45, 7) is 5.73. The first kappa shape index (κ1) is 17.9. The van der Waals surface area contributed by atoms with Crippen molar-refractivity contribution < 1.29 is 22.3 Å². The number of alkyl halides is 3. The first-order valence-corrected chi connectivity index (χ1v) is 6.86. The SMILES string of the molecule is CC(C)(C)NCCCc1nnc(CCOCC(F)(F)F)o1. The zero-order valence-electron chi connectivity index (χ0n) is 12.6. The van der Waals surface area contributed by atoms with Gasteiger partial charge in [0.1, 0.15) is 6.61 Å². The highest BCUT2D eigenvalue weighted by Crippen LogP contribution is 2.14. The predicted octanol–water partition coefficient (Wildman–Crippen LogP) is 2.51. The highest BCUT2D eigenvalue weighted by Gasteiger charge is 2.27. The maximum absolute atomic E-state index is 11.9. The van der Waals surface area contributed by atoms with Gasteiger partial charge in [-0.1, -0.05) is 0 Å². The monoisotopic (exact) mass is 309 g/mol. The van der Waals surface area contributed by atoms with E-state index in [0.29, 0.717) is 18.2 Å². The highest BCUT2D eigenvalue weighted by atomic mass is 19.4. The molecule has 0 saturated heterocycles. The summed E-state index contributed by atoms with van der Waals surface area (Å²) in [7, 11) is 0. The Morgan fingerprint density at radius 1 is 1.10 bits per heavy atom. The van der Waals surface area contributed by atoms with Gasteiger partial charge >= 0.3 is 6.18 Å². The van der Waals surface area contributed by atoms with E-state index in [9.17, 15) is 13.2 Å². The van der Waals surface area contributed by atoms with Crippen LogP contribution in [0.1, 0.15) is 39.0 Å². The number of rotatable bonds is 8. The van der Waals surface area contributed by atoms with E-state index < -0.39 is 12.8 Å². The molecule has 1 aromatic heterocycles. The van der Waals surface area contributed by atoms with Gasteiger partial charge in [0.05, 0.1) is 6.61 Å². The first-order chi connectivity index (χ1) is 9.66. The second kappa shape index (κ2) is 7.74. The molecule has 0 aliphatic heterocycles. The lowest BCUT2D eigenvalue weighted by Crippen LogP contribution is -2.36. The summed E-state index contributed by atoms with van der Waals surface area (Å²) in [6, 6.07) is 0. The van der Waals surface area contributed by atoms with Crippen LogP contribution in [0, 0.1) is 0 Å². The third kappa shape index (κ3) is 9.41. The molecule has 0 atom stereocenters. The van der Waals surface area contributed by atoms with Crippen LogP contribution in [0.25, 0.3) is 0 Å². The smallest absolute Gasteiger partial charge is 0.411 e. The molecule has 1 heterocycles. The quantitative estimate of drug-likeness (QED) is 0.748. The Kier molecular flexibility index (Phi) is 6.60. The molecule has 0 amide bonds. The fourth-order valence-electron chi connectivity index (χ4n) is 1.54. The van der Waals surface area contributed by atoms with Crippen molar-refractivity contribution in [1.29, 1.82) is 0 Å². The topological polar surface area (TPSA) is 60.2 Å². The summed E-state index contributed by atoms with van der Waals surface area (Å²) in [6.07, 6.45) is -2.63. The standard InChI is InChI=1S/C13H22F3N3O2/c1-12(2,3)17-7-4-5-10-18-19-11(21-10)6-8-20-9-13(14,15)16/h17H,4-9H2,1-3H3. The van der Waals surface area contributed by atoms with Gasteiger partial charge in [0, 0.05) is 18.4 Å². The molecule has 0 spiro atoms. The van der Waals surface area contributed by atoms with Crippen LogP contribution in [-0.4, -0.2) is 41.7 Å². The van der Waals surface area contributed by atoms with Gasteiger partial charge in [-0.15, -0.1) is 10.2 Å². The van der Waals surface area contributed by atoms with Gasteiger partial charge in [-0.05, 0) is 33.7 Å². The Bertz CT molecular complexity index is 377. The van der Waals surface area contributed by atoms with Gasteiger partial charge in [0.15, 0.2) is 0 Å². The molecular formula is C13H22F3N3O2. The second-order valence-corrected chi connectivity index (χ2v) is 5.79. The number of aryl methyl sites for hydroxylation is 1. The number of aromatic nitrogens is 2. The van der Waals surface area contributed by atoms with E-state index in [0.717, 1.165) is 13.0 Å². The van der Waals surface area contributed by atoms with Crippen molar-refractivity contribution in [2.24, 2.45) is 0 Å². The molecule has 1 rings (SSSR count). The van der Waals surface area contributed by atoms with E-state index in [1.54, 1.807) is 0 Å². The van der Waals surface area contributed by atoms with Crippen molar-refractivity contribution in [3.63, 3.8) is 0 Å². The maximum atomic E-state index is 11.9. The highest BCUT2D eigenvalue weighted by molar-refractivity contribution is 4.83. The summed E-state index contributed by atoms with van der Waals surface area (Å²) in [5, 5.41) is 11.0. The van der Waals surface area contributed by atoms with Gasteiger partial charge in [0.2, 0.25) is 11.8 Å². The Morgan fingerprint density at radius 2 is 1.71 bits per heavy atom. The van der Waals surface area contributed by atoms with Gasteiger partial charge in [-0.2, -0.15) is 13.2 Å². The minimum atomic E-state index is -4.31. The molecule has 0 unspecified atom stereocenters. The van der Waals surface area contributed by atoms with Crippen LogP contribution >= 0.6 is 0 Å². The minimum absolute atomic E-state index is 0.0653. The van der Waals surface area contributed by atoms with Crippen molar-refractivity contribution in [3.8, 4) is 0 Å². The van der Waals surface area contributed by atoms with Crippen LogP contribution in [0.15, 0.2) is 4.42 Å². The van der Waals surface area contributed by atoms with E-state index in [2.05, 4.69) is 41.0 Å². The summed E-state index contributed by atoms with van der Waals surface area (Å²) in [4.78, 5) is 0. The van der Waals surface area contributed by atoms with Crippen molar-refractivity contribution >= 4 is 0 Å². The third-order valence-corrected chi connectivity index (χ3v) is 2.46. The number of nitrogens with one attached hydrogen (secondary N) is 1. The molecule has 0 aliphatic carbocycles. The molecule has 0 saturated carbocycles. The number of ether oxygens (including phenoxy) is 1. The molecule has 21 heavy (non-hydrogen) atoms. The van der Waals surface area contributed by atoms with Crippen molar-refractivity contribution in [3.05, 3.63) is 11.8 Å². The van der Waals surface area contributed by atoms with Crippen LogP contribution in [0.4, 0.5) is 13.2 Å². The average Bonchev–Trinajstić information content (AvgIpc) is 2.76. The molecule has 1 aromatic rings. The van der Waals surface area contributed by atoms with Gasteiger partial charge in [-0.3, -0.25) is 0 Å². The maximum Gasteiger partial charge on any atom is 0.411 e. The number of hydrogen-bond acceptors (Lipinski definition) is 5. The lowest BCUT2D eigenvalue weighted by Gasteiger charge is -2.19. The summed E-state index contributed by atoms with van der Waals surface area (Å²) in [5.41, 5.74) is 0.0653. The first-order valence-electron chi connectivity index (χ1n) is 6.86. The van der Waals surface area contributed by atoms with Gasteiger partial charge in [0.25, 0.3) is 0 Å². The van der Waals surface area contributed by atoms with Crippen LogP contribution in [0.5, 0.6) is 0 Å². The number of hydrogen-bond donors (Lipinski definition) is 1. The normalized spacial score (nSPS) is 12.9. The van der Waals surface area contributed by atoms with E-state index in [1.807, 2.05) is 0 Å². The van der Waals surface area contributed by atoms with Crippen molar-refractivity contribution in [2.75, 3.05) is 19.8 Å². The Balaban J connectivity index is 2.18. The molecule has 5 nitrogen and oxygen atoms in total. The molecule has 122 valence electrons. The van der Waals surface area contributed by atoms with Gasteiger partial charge in [-0.25, -0.2) is 0 Å².